The van der Waals surface area contributed by atoms with Crippen LogP contribution in [0.5, 0.6) is 0 Å². The minimum absolute atomic E-state index is 0.187. The molecule has 1 N–H and O–H groups in total. The zero-order chi connectivity index (χ0) is 19.5. The maximum atomic E-state index is 6.13. The van der Waals surface area contributed by atoms with Crippen LogP contribution in [-0.4, -0.2) is 56.7 Å². The van der Waals surface area contributed by atoms with Crippen LogP contribution in [0.15, 0.2) is 5.10 Å². The van der Waals surface area contributed by atoms with Crippen molar-refractivity contribution in [3.8, 4) is 0 Å². The second kappa shape index (κ2) is 6.25. The van der Waals surface area contributed by atoms with E-state index in [-0.39, 0.29) is 29.5 Å². The standard InChI is InChI=1S/C18H34N2O5Si/c1-16(2,3)26(8,9)20-19-10-11-12-13(23-17(4,5)22-12)14-15(21-11)25-18(6,7)24-14/h10-15,20H,1-9H3/b19-10+/t11-,12+,13+,14-,15-/m1/s1. The fraction of sp³-hybridized carbons (Fsp3) is 0.944. The number of nitrogens with one attached hydrogen (secondary N) is 1. The second-order valence-corrected chi connectivity index (χ2v) is 14.9. The monoisotopic (exact) mass is 386 g/mol. The Morgan fingerprint density at radius 1 is 0.885 bits per heavy atom. The summed E-state index contributed by atoms with van der Waals surface area (Å²) in [5, 5.41) is 8.09. The van der Waals surface area contributed by atoms with E-state index < -0.39 is 26.1 Å². The van der Waals surface area contributed by atoms with Crippen LogP contribution in [0.25, 0.3) is 0 Å². The van der Waals surface area contributed by atoms with Gasteiger partial charge in [0.25, 0.3) is 0 Å². The van der Waals surface area contributed by atoms with E-state index in [0.717, 1.165) is 0 Å². The molecule has 3 saturated heterocycles. The maximum Gasteiger partial charge on any atom is 0.190 e. The molecular weight excluding hydrogens is 352 g/mol. The van der Waals surface area contributed by atoms with E-state index in [4.69, 9.17) is 23.7 Å². The summed E-state index contributed by atoms with van der Waals surface area (Å²) in [7, 11) is -1.73. The van der Waals surface area contributed by atoms with Gasteiger partial charge in [-0.2, -0.15) is 5.10 Å². The lowest BCUT2D eigenvalue weighted by molar-refractivity contribution is -0.217. The van der Waals surface area contributed by atoms with Crippen molar-refractivity contribution in [3.63, 3.8) is 0 Å². The molecule has 3 rings (SSSR count). The topological polar surface area (TPSA) is 70.5 Å². The van der Waals surface area contributed by atoms with Gasteiger partial charge in [-0.25, -0.2) is 0 Å². The normalized spacial score (nSPS) is 39.0. The highest BCUT2D eigenvalue weighted by molar-refractivity contribution is 6.77. The number of hydrazone groups is 1. The third kappa shape index (κ3) is 3.86. The molecule has 0 radical (unpaired) electrons. The lowest BCUT2D eigenvalue weighted by atomic mass is 10.00. The first-order valence-corrected chi connectivity index (χ1v) is 12.4. The Morgan fingerprint density at radius 3 is 2.04 bits per heavy atom. The van der Waals surface area contributed by atoms with Crippen molar-refractivity contribution in [2.75, 3.05) is 0 Å². The Kier molecular flexibility index (Phi) is 4.86. The van der Waals surface area contributed by atoms with E-state index in [9.17, 15) is 0 Å². The predicted octanol–water partition coefficient (Wildman–Crippen LogP) is 2.96. The van der Waals surface area contributed by atoms with E-state index >= 15 is 0 Å². The lowest BCUT2D eigenvalue weighted by Gasteiger charge is -2.37. The Balaban J connectivity index is 1.76. The largest absolute Gasteiger partial charge is 0.342 e. The maximum absolute atomic E-state index is 6.13. The van der Waals surface area contributed by atoms with E-state index in [1.54, 1.807) is 6.21 Å². The van der Waals surface area contributed by atoms with Crippen molar-refractivity contribution >= 4 is 14.5 Å². The average Bonchev–Trinajstić information content (AvgIpc) is 2.92. The fourth-order valence-electron chi connectivity index (χ4n) is 3.20. The molecule has 26 heavy (non-hydrogen) atoms. The summed E-state index contributed by atoms with van der Waals surface area (Å²) in [6.45, 7) is 18.8. The number of fused-ring (bicyclic) bond motifs is 3. The van der Waals surface area contributed by atoms with Gasteiger partial charge in [-0.3, -0.25) is 0 Å². The molecule has 3 heterocycles. The molecular formula is C18H34N2O5Si. The molecule has 5 atom stereocenters. The van der Waals surface area contributed by atoms with Gasteiger partial charge in [0.05, 0.1) is 6.21 Å². The highest BCUT2D eigenvalue weighted by atomic mass is 28.3. The fourth-order valence-corrected chi connectivity index (χ4v) is 3.94. The van der Waals surface area contributed by atoms with Gasteiger partial charge in [-0.15, -0.1) is 0 Å². The Morgan fingerprint density at radius 2 is 1.42 bits per heavy atom. The quantitative estimate of drug-likeness (QED) is 0.457. The van der Waals surface area contributed by atoms with Gasteiger partial charge in [-0.05, 0) is 45.8 Å². The Labute approximate surface area is 157 Å². The molecule has 7 nitrogen and oxygen atoms in total. The van der Waals surface area contributed by atoms with Crippen LogP contribution in [0.4, 0.5) is 0 Å². The van der Waals surface area contributed by atoms with Crippen LogP contribution in [0.1, 0.15) is 48.5 Å². The van der Waals surface area contributed by atoms with Crippen molar-refractivity contribution in [1.29, 1.82) is 0 Å². The third-order valence-corrected chi connectivity index (χ3v) is 10.1. The van der Waals surface area contributed by atoms with E-state index in [1.807, 2.05) is 27.7 Å². The first-order valence-electron chi connectivity index (χ1n) is 9.38. The van der Waals surface area contributed by atoms with Crippen LogP contribution in [0.2, 0.25) is 18.1 Å². The first kappa shape index (κ1) is 20.2. The van der Waals surface area contributed by atoms with Crippen molar-refractivity contribution in [2.24, 2.45) is 5.10 Å². The van der Waals surface area contributed by atoms with Crippen LogP contribution >= 0.6 is 0 Å². The van der Waals surface area contributed by atoms with Crippen molar-refractivity contribution in [3.05, 3.63) is 0 Å². The molecule has 0 spiro atoms. The van der Waals surface area contributed by atoms with Crippen LogP contribution in [0, 0.1) is 0 Å². The van der Waals surface area contributed by atoms with Gasteiger partial charge >= 0.3 is 0 Å². The highest BCUT2D eigenvalue weighted by Gasteiger charge is 2.60. The molecule has 0 bridgehead atoms. The zero-order valence-corrected chi connectivity index (χ0v) is 18.5. The number of ether oxygens (including phenoxy) is 5. The third-order valence-electron chi connectivity index (χ3n) is 5.63. The molecule has 0 saturated carbocycles. The number of rotatable bonds is 3. The summed E-state index contributed by atoms with van der Waals surface area (Å²) in [5.41, 5.74) is 0. The van der Waals surface area contributed by atoms with Crippen molar-refractivity contribution in [1.82, 2.24) is 5.09 Å². The van der Waals surface area contributed by atoms with Crippen LogP contribution in [-0.2, 0) is 23.7 Å². The van der Waals surface area contributed by atoms with Crippen LogP contribution < -0.4 is 5.09 Å². The molecule has 0 aromatic carbocycles. The smallest absolute Gasteiger partial charge is 0.190 e. The zero-order valence-electron chi connectivity index (χ0n) is 17.5. The van der Waals surface area contributed by atoms with E-state index in [0.29, 0.717) is 0 Å². The van der Waals surface area contributed by atoms with Gasteiger partial charge in [0.2, 0.25) is 0 Å². The Bertz CT molecular complexity index is 572. The Hall–Kier alpha value is -0.513. The molecule has 0 amide bonds. The molecule has 150 valence electrons. The van der Waals surface area contributed by atoms with Crippen molar-refractivity contribution in [2.45, 2.75) is 109 Å². The SMILES string of the molecule is CC1(C)O[C@H]2[C@@H](O1)[C@@H](/C=N/N[Si](C)(C)C(C)(C)C)O[C@@H]1OC(C)(C)O[C@@H]12. The molecule has 0 unspecified atom stereocenters. The molecule has 0 aliphatic carbocycles. The lowest BCUT2D eigenvalue weighted by Crippen LogP contribution is -2.56. The van der Waals surface area contributed by atoms with Crippen LogP contribution in [0.3, 0.4) is 0 Å². The molecule has 3 fully saturated rings. The summed E-state index contributed by atoms with van der Waals surface area (Å²) >= 11 is 0. The van der Waals surface area contributed by atoms with E-state index in [1.165, 1.54) is 0 Å². The molecule has 3 aliphatic heterocycles. The van der Waals surface area contributed by atoms with Gasteiger partial charge in [-0.1, -0.05) is 20.8 Å². The summed E-state index contributed by atoms with van der Waals surface area (Å²) in [6.07, 6.45) is 0.0811. The van der Waals surface area contributed by atoms with Gasteiger partial charge < -0.3 is 28.8 Å². The molecule has 8 heteroatoms. The van der Waals surface area contributed by atoms with Crippen molar-refractivity contribution < 1.29 is 23.7 Å². The number of hydrogen-bond acceptors (Lipinski definition) is 7. The first-order chi connectivity index (χ1) is 11.7. The molecule has 0 aromatic heterocycles. The minimum Gasteiger partial charge on any atom is -0.342 e. The molecule has 0 aromatic rings. The van der Waals surface area contributed by atoms with Gasteiger partial charge in [0, 0.05) is 0 Å². The number of hydrogen-bond donors (Lipinski definition) is 1. The second-order valence-electron chi connectivity index (χ2n) is 9.90. The summed E-state index contributed by atoms with van der Waals surface area (Å²) in [5.74, 6) is -1.40. The summed E-state index contributed by atoms with van der Waals surface area (Å²) in [6, 6.07) is 0. The summed E-state index contributed by atoms with van der Waals surface area (Å²) in [4.78, 5) is 0. The van der Waals surface area contributed by atoms with E-state index in [2.05, 4.69) is 44.1 Å². The predicted molar refractivity (Wildman–Crippen MR) is 101 cm³/mol. The minimum atomic E-state index is -1.73. The van der Waals surface area contributed by atoms with Gasteiger partial charge in [0.15, 0.2) is 26.1 Å². The van der Waals surface area contributed by atoms with Gasteiger partial charge in [0.1, 0.15) is 24.4 Å². The average molecular weight is 387 g/mol. The summed E-state index contributed by atoms with van der Waals surface area (Å²) < 4.78 is 30.3. The molecule has 3 aliphatic rings. The highest BCUT2D eigenvalue weighted by Crippen LogP contribution is 2.43. The number of nitrogens with zero attached hydrogens (tertiary/aromatic N) is 1.